The molecule has 1 aliphatic heterocycles. The lowest BCUT2D eigenvalue weighted by Crippen LogP contribution is -2.34. The van der Waals surface area contributed by atoms with E-state index >= 15 is 0 Å². The lowest BCUT2D eigenvalue weighted by molar-refractivity contribution is -0.144. The topological polar surface area (TPSA) is 87.7 Å². The van der Waals surface area contributed by atoms with E-state index in [1.807, 2.05) is 11.8 Å². The number of nitrogens with one attached hydrogen (secondary N) is 2. The van der Waals surface area contributed by atoms with Crippen molar-refractivity contribution in [2.24, 2.45) is 0 Å². The van der Waals surface area contributed by atoms with Crippen molar-refractivity contribution in [2.75, 3.05) is 25.0 Å². The molecule has 0 unspecified atom stereocenters. The van der Waals surface area contributed by atoms with Crippen LogP contribution < -0.4 is 10.6 Å². The van der Waals surface area contributed by atoms with Crippen LogP contribution in [0.3, 0.4) is 0 Å². The molecule has 29 heavy (non-hydrogen) atoms. The van der Waals surface area contributed by atoms with E-state index in [0.29, 0.717) is 17.9 Å². The molecule has 0 atom stereocenters. The van der Waals surface area contributed by atoms with E-state index in [-0.39, 0.29) is 29.8 Å². The predicted molar refractivity (Wildman–Crippen MR) is 116 cm³/mol. The molecule has 0 spiro atoms. The Hall–Kier alpha value is -2.48. The normalized spacial score (nSPS) is 13.9. The van der Waals surface area contributed by atoms with Crippen LogP contribution in [0.1, 0.15) is 62.2 Å². The van der Waals surface area contributed by atoms with Crippen molar-refractivity contribution in [1.82, 2.24) is 10.2 Å². The third kappa shape index (κ3) is 8.19. The Morgan fingerprint density at radius 3 is 2.31 bits per heavy atom. The minimum absolute atomic E-state index is 0.00758. The Morgan fingerprint density at radius 1 is 1.03 bits per heavy atom. The molecule has 7 nitrogen and oxygen atoms in total. The van der Waals surface area contributed by atoms with Crippen LogP contribution in [0, 0.1) is 0 Å². The minimum atomic E-state index is -0.398. The second-order valence-corrected chi connectivity index (χ2v) is 7.41. The molecule has 1 aliphatic rings. The molecule has 0 aliphatic carbocycles. The Balaban J connectivity index is 1.78. The zero-order chi connectivity index (χ0) is 21.1. The molecular formula is C21H29N3O4S. The van der Waals surface area contributed by atoms with Gasteiger partial charge in [-0.3, -0.25) is 14.4 Å². The van der Waals surface area contributed by atoms with E-state index in [1.165, 1.54) is 12.8 Å². The number of rotatable bonds is 7. The lowest BCUT2D eigenvalue weighted by Gasteiger charge is -2.20. The maximum atomic E-state index is 12.6. The number of benzene rings is 1. The fraction of sp³-hybridized carbons (Fsp3) is 0.524. The van der Waals surface area contributed by atoms with Gasteiger partial charge in [-0.2, -0.15) is 0 Å². The smallest absolute Gasteiger partial charge is 0.306 e. The van der Waals surface area contributed by atoms with Gasteiger partial charge in [0.15, 0.2) is 5.11 Å². The van der Waals surface area contributed by atoms with Crippen molar-refractivity contribution in [3.63, 3.8) is 0 Å². The predicted octanol–water partition coefficient (Wildman–Crippen LogP) is 3.25. The summed E-state index contributed by atoms with van der Waals surface area (Å²) >= 11 is 5.13. The molecule has 0 aromatic heterocycles. The zero-order valence-electron chi connectivity index (χ0n) is 16.9. The molecule has 2 rings (SSSR count). The molecular weight excluding hydrogens is 390 g/mol. The molecule has 1 saturated heterocycles. The summed E-state index contributed by atoms with van der Waals surface area (Å²) in [4.78, 5) is 37.8. The number of amides is 2. The van der Waals surface area contributed by atoms with E-state index in [9.17, 15) is 14.4 Å². The van der Waals surface area contributed by atoms with Gasteiger partial charge in [-0.25, -0.2) is 0 Å². The number of hydrogen-bond acceptors (Lipinski definition) is 5. The minimum Gasteiger partial charge on any atom is -0.466 e. The van der Waals surface area contributed by atoms with Gasteiger partial charge in [0.25, 0.3) is 5.91 Å². The van der Waals surface area contributed by atoms with Gasteiger partial charge in [-0.05, 0) is 55.7 Å². The fourth-order valence-corrected chi connectivity index (χ4v) is 3.24. The van der Waals surface area contributed by atoms with Crippen LogP contribution >= 0.6 is 12.2 Å². The van der Waals surface area contributed by atoms with Crippen molar-refractivity contribution < 1.29 is 19.1 Å². The number of carbonyl (C=O) groups is 3. The van der Waals surface area contributed by atoms with Crippen molar-refractivity contribution in [3.8, 4) is 0 Å². The first kappa shape index (κ1) is 22.8. The molecule has 2 N–H and O–H groups in total. The Bertz CT molecular complexity index is 713. The molecule has 0 saturated carbocycles. The van der Waals surface area contributed by atoms with Gasteiger partial charge >= 0.3 is 5.97 Å². The third-order valence-electron chi connectivity index (χ3n) is 4.56. The highest BCUT2D eigenvalue weighted by molar-refractivity contribution is 7.80. The summed E-state index contributed by atoms with van der Waals surface area (Å²) in [5.74, 6) is -0.709. The highest BCUT2D eigenvalue weighted by atomic mass is 32.1. The van der Waals surface area contributed by atoms with Crippen LogP contribution in [-0.4, -0.2) is 47.5 Å². The zero-order valence-corrected chi connectivity index (χ0v) is 17.7. The largest absolute Gasteiger partial charge is 0.466 e. The molecule has 1 heterocycles. The van der Waals surface area contributed by atoms with Crippen LogP contribution in [0.25, 0.3) is 0 Å². The Morgan fingerprint density at radius 2 is 1.69 bits per heavy atom. The highest BCUT2D eigenvalue weighted by Gasteiger charge is 2.17. The van der Waals surface area contributed by atoms with E-state index in [1.54, 1.807) is 24.3 Å². The first-order valence-corrected chi connectivity index (χ1v) is 10.6. The Kier molecular flexibility index (Phi) is 9.56. The van der Waals surface area contributed by atoms with E-state index in [2.05, 4.69) is 10.6 Å². The van der Waals surface area contributed by atoms with Gasteiger partial charge in [-0.15, -0.1) is 0 Å². The van der Waals surface area contributed by atoms with Gasteiger partial charge in [0, 0.05) is 30.8 Å². The highest BCUT2D eigenvalue weighted by Crippen LogP contribution is 2.15. The second kappa shape index (κ2) is 12.2. The average Bonchev–Trinajstić information content (AvgIpc) is 3.00. The number of nitrogens with zero attached hydrogens (tertiary/aromatic N) is 1. The molecule has 1 aromatic carbocycles. The van der Waals surface area contributed by atoms with Gasteiger partial charge in [-0.1, -0.05) is 19.8 Å². The standard InChI is InChI=1S/C21H29N3O4S/c1-2-15-28-19(26)12-11-18(25)23-21(29)22-17-9-7-16(8-10-17)20(27)24-13-5-3-4-6-14-24/h7-10H,2-6,11-15H2,1H3,(H2,22,23,25,29). The number of thiocarbonyl (C=S) groups is 1. The maximum Gasteiger partial charge on any atom is 0.306 e. The summed E-state index contributed by atoms with van der Waals surface area (Å²) in [7, 11) is 0. The van der Waals surface area contributed by atoms with Crippen LogP contribution in [0.2, 0.25) is 0 Å². The Labute approximate surface area is 177 Å². The van der Waals surface area contributed by atoms with Crippen molar-refractivity contribution in [3.05, 3.63) is 29.8 Å². The second-order valence-electron chi connectivity index (χ2n) is 7.01. The third-order valence-corrected chi connectivity index (χ3v) is 4.76. The molecule has 0 radical (unpaired) electrons. The van der Waals surface area contributed by atoms with Crippen LogP contribution in [0.5, 0.6) is 0 Å². The summed E-state index contributed by atoms with van der Waals surface area (Å²) in [5.41, 5.74) is 1.31. The van der Waals surface area contributed by atoms with Crippen molar-refractivity contribution in [1.29, 1.82) is 0 Å². The quantitative estimate of drug-likeness (QED) is 0.521. The van der Waals surface area contributed by atoms with Crippen molar-refractivity contribution >= 4 is 40.8 Å². The van der Waals surface area contributed by atoms with E-state index < -0.39 is 5.97 Å². The number of likely N-dealkylation sites (tertiary alicyclic amines) is 1. The van der Waals surface area contributed by atoms with Gasteiger partial charge < -0.3 is 20.3 Å². The monoisotopic (exact) mass is 419 g/mol. The van der Waals surface area contributed by atoms with Crippen LogP contribution in [0.15, 0.2) is 24.3 Å². The number of hydrogen-bond donors (Lipinski definition) is 2. The van der Waals surface area contributed by atoms with Gasteiger partial charge in [0.1, 0.15) is 0 Å². The summed E-state index contributed by atoms with van der Waals surface area (Å²) in [6.45, 7) is 3.88. The molecule has 1 aromatic rings. The SMILES string of the molecule is CCCOC(=O)CCC(=O)NC(=S)Nc1ccc(C(=O)N2CCCCCC2)cc1. The summed E-state index contributed by atoms with van der Waals surface area (Å²) < 4.78 is 4.93. The molecule has 0 bridgehead atoms. The van der Waals surface area contributed by atoms with Gasteiger partial charge in [0.05, 0.1) is 13.0 Å². The molecule has 158 valence electrons. The molecule has 8 heteroatoms. The van der Waals surface area contributed by atoms with Crippen LogP contribution in [0.4, 0.5) is 5.69 Å². The maximum absolute atomic E-state index is 12.6. The molecule has 2 amide bonds. The van der Waals surface area contributed by atoms with Crippen LogP contribution in [-0.2, 0) is 14.3 Å². The van der Waals surface area contributed by atoms with Gasteiger partial charge in [0.2, 0.25) is 5.91 Å². The summed E-state index contributed by atoms with van der Waals surface area (Å²) in [6, 6.07) is 7.02. The summed E-state index contributed by atoms with van der Waals surface area (Å²) in [5, 5.41) is 5.59. The number of esters is 1. The van der Waals surface area contributed by atoms with E-state index in [0.717, 1.165) is 32.4 Å². The van der Waals surface area contributed by atoms with Crippen molar-refractivity contribution in [2.45, 2.75) is 51.9 Å². The summed E-state index contributed by atoms with van der Waals surface area (Å²) in [6.07, 6.45) is 5.22. The van der Waals surface area contributed by atoms with E-state index in [4.69, 9.17) is 17.0 Å². The number of carbonyl (C=O) groups excluding carboxylic acids is 3. The first-order chi connectivity index (χ1) is 14.0. The first-order valence-electron chi connectivity index (χ1n) is 10.2. The average molecular weight is 420 g/mol. The number of ether oxygens (including phenoxy) is 1. The number of anilines is 1. The molecule has 1 fully saturated rings. The lowest BCUT2D eigenvalue weighted by atomic mass is 10.1. The fourth-order valence-electron chi connectivity index (χ4n) is 3.01.